The summed E-state index contributed by atoms with van der Waals surface area (Å²) >= 11 is 0. The van der Waals surface area contributed by atoms with Crippen molar-refractivity contribution in [3.8, 4) is 0 Å². The molecule has 1 aromatic rings. The first-order chi connectivity index (χ1) is 5.74. The van der Waals surface area contributed by atoms with Crippen LogP contribution in [0.1, 0.15) is 12.6 Å². The van der Waals surface area contributed by atoms with Crippen molar-refractivity contribution in [3.63, 3.8) is 0 Å². The van der Waals surface area contributed by atoms with Crippen LogP contribution >= 0.6 is 0 Å². The molecule has 0 unspecified atom stereocenters. The SMILES string of the molecule is CCOC(=O)Nc1n[nH]nc1C. The van der Waals surface area contributed by atoms with Crippen LogP contribution in [-0.2, 0) is 4.74 Å². The van der Waals surface area contributed by atoms with Crippen LogP contribution in [0.25, 0.3) is 0 Å². The molecule has 6 nitrogen and oxygen atoms in total. The zero-order chi connectivity index (χ0) is 8.97. The molecule has 0 aliphatic heterocycles. The predicted octanol–water partition coefficient (Wildman–Crippen LogP) is 0.682. The molecular weight excluding hydrogens is 160 g/mol. The maximum absolute atomic E-state index is 10.8. The maximum Gasteiger partial charge on any atom is 0.412 e. The zero-order valence-electron chi connectivity index (χ0n) is 6.92. The molecule has 66 valence electrons. The number of rotatable bonds is 2. The molecule has 1 aromatic heterocycles. The molecule has 0 aliphatic rings. The number of anilines is 1. The lowest BCUT2D eigenvalue weighted by Gasteiger charge is -2.00. The lowest BCUT2D eigenvalue weighted by molar-refractivity contribution is 0.168. The highest BCUT2D eigenvalue weighted by atomic mass is 16.5. The van der Waals surface area contributed by atoms with E-state index in [1.807, 2.05) is 0 Å². The van der Waals surface area contributed by atoms with Gasteiger partial charge in [-0.05, 0) is 13.8 Å². The Hall–Kier alpha value is -1.59. The molecule has 12 heavy (non-hydrogen) atoms. The lowest BCUT2D eigenvalue weighted by atomic mass is 10.5. The van der Waals surface area contributed by atoms with Gasteiger partial charge in [0.15, 0.2) is 5.82 Å². The van der Waals surface area contributed by atoms with E-state index in [2.05, 4.69) is 25.5 Å². The Bertz CT molecular complexity index is 270. The van der Waals surface area contributed by atoms with Crippen LogP contribution in [0.15, 0.2) is 0 Å². The molecule has 0 radical (unpaired) electrons. The summed E-state index contributed by atoms with van der Waals surface area (Å²) in [6, 6.07) is 0. The van der Waals surface area contributed by atoms with Gasteiger partial charge in [0.2, 0.25) is 0 Å². The Morgan fingerprint density at radius 1 is 1.67 bits per heavy atom. The minimum Gasteiger partial charge on any atom is -0.450 e. The fourth-order valence-corrected chi connectivity index (χ4v) is 0.666. The molecule has 1 heterocycles. The van der Waals surface area contributed by atoms with Crippen LogP contribution in [0, 0.1) is 6.92 Å². The minimum atomic E-state index is -0.519. The summed E-state index contributed by atoms with van der Waals surface area (Å²) in [5.41, 5.74) is 0.628. The van der Waals surface area contributed by atoms with E-state index in [1.54, 1.807) is 13.8 Å². The summed E-state index contributed by atoms with van der Waals surface area (Å²) in [7, 11) is 0. The standard InChI is InChI=1S/C6H10N4O2/c1-3-12-6(11)7-5-4(2)8-10-9-5/h3H2,1-2H3,(H2,7,8,9,10,11). The number of nitrogens with one attached hydrogen (secondary N) is 2. The second-order valence-electron chi connectivity index (χ2n) is 2.10. The van der Waals surface area contributed by atoms with Crippen LogP contribution in [0.2, 0.25) is 0 Å². The largest absolute Gasteiger partial charge is 0.450 e. The van der Waals surface area contributed by atoms with E-state index in [9.17, 15) is 4.79 Å². The van der Waals surface area contributed by atoms with Crippen LogP contribution in [0.5, 0.6) is 0 Å². The van der Waals surface area contributed by atoms with E-state index in [1.165, 1.54) is 0 Å². The number of aromatic amines is 1. The molecule has 0 saturated heterocycles. The minimum absolute atomic E-state index is 0.336. The van der Waals surface area contributed by atoms with Gasteiger partial charge in [-0.25, -0.2) is 4.79 Å². The molecule has 6 heteroatoms. The highest BCUT2D eigenvalue weighted by Crippen LogP contribution is 2.04. The van der Waals surface area contributed by atoms with Gasteiger partial charge in [-0.15, -0.1) is 5.10 Å². The van der Waals surface area contributed by atoms with Gasteiger partial charge in [0.1, 0.15) is 5.69 Å². The number of aromatic nitrogens is 3. The number of hydrogen-bond acceptors (Lipinski definition) is 4. The summed E-state index contributed by atoms with van der Waals surface area (Å²) in [6.45, 7) is 3.79. The molecule has 1 amide bonds. The van der Waals surface area contributed by atoms with Gasteiger partial charge in [-0.3, -0.25) is 5.32 Å². The Morgan fingerprint density at radius 3 is 2.92 bits per heavy atom. The maximum atomic E-state index is 10.8. The van der Waals surface area contributed by atoms with E-state index in [4.69, 9.17) is 0 Å². The lowest BCUT2D eigenvalue weighted by Crippen LogP contribution is -2.14. The van der Waals surface area contributed by atoms with Gasteiger partial charge in [-0.1, -0.05) is 0 Å². The molecule has 0 fully saturated rings. The summed E-state index contributed by atoms with van der Waals surface area (Å²) in [6.07, 6.45) is -0.519. The number of ether oxygens (including phenoxy) is 1. The van der Waals surface area contributed by atoms with Crippen LogP contribution in [-0.4, -0.2) is 28.1 Å². The van der Waals surface area contributed by atoms with Crippen molar-refractivity contribution in [2.24, 2.45) is 0 Å². The Labute approximate surface area is 69.3 Å². The van der Waals surface area contributed by atoms with Gasteiger partial charge in [0.25, 0.3) is 0 Å². The highest BCUT2D eigenvalue weighted by molar-refractivity contribution is 5.83. The summed E-state index contributed by atoms with van der Waals surface area (Å²) in [5, 5.41) is 12.2. The molecule has 2 N–H and O–H groups in total. The first kappa shape index (κ1) is 8.51. The Balaban J connectivity index is 2.52. The Kier molecular flexibility index (Phi) is 2.62. The molecule has 0 bridgehead atoms. The van der Waals surface area contributed by atoms with E-state index in [-0.39, 0.29) is 0 Å². The van der Waals surface area contributed by atoms with E-state index in [0.29, 0.717) is 18.1 Å². The van der Waals surface area contributed by atoms with Crippen molar-refractivity contribution >= 4 is 11.9 Å². The second-order valence-corrected chi connectivity index (χ2v) is 2.10. The van der Waals surface area contributed by atoms with Crippen molar-refractivity contribution in [2.45, 2.75) is 13.8 Å². The Morgan fingerprint density at radius 2 is 2.42 bits per heavy atom. The van der Waals surface area contributed by atoms with Gasteiger partial charge in [0, 0.05) is 0 Å². The molecular formula is C6H10N4O2. The summed E-state index contributed by atoms with van der Waals surface area (Å²) < 4.78 is 4.64. The third-order valence-electron chi connectivity index (χ3n) is 1.22. The number of hydrogen-bond donors (Lipinski definition) is 2. The van der Waals surface area contributed by atoms with E-state index < -0.39 is 6.09 Å². The fraction of sp³-hybridized carbons (Fsp3) is 0.500. The smallest absolute Gasteiger partial charge is 0.412 e. The molecule has 0 aliphatic carbocycles. The third kappa shape index (κ3) is 1.94. The summed E-state index contributed by atoms with van der Waals surface area (Å²) in [5.74, 6) is 0.397. The summed E-state index contributed by atoms with van der Waals surface area (Å²) in [4.78, 5) is 10.8. The van der Waals surface area contributed by atoms with Crippen molar-refractivity contribution in [1.29, 1.82) is 0 Å². The number of amides is 1. The number of H-pyrrole nitrogens is 1. The number of carbonyl (C=O) groups is 1. The van der Waals surface area contributed by atoms with Crippen LogP contribution in [0.4, 0.5) is 10.6 Å². The van der Waals surface area contributed by atoms with E-state index in [0.717, 1.165) is 0 Å². The third-order valence-corrected chi connectivity index (χ3v) is 1.22. The molecule has 0 aromatic carbocycles. The average molecular weight is 170 g/mol. The molecule has 1 rings (SSSR count). The van der Waals surface area contributed by atoms with Crippen molar-refractivity contribution in [3.05, 3.63) is 5.69 Å². The second kappa shape index (κ2) is 3.70. The number of nitrogens with zero attached hydrogens (tertiary/aromatic N) is 2. The number of carbonyl (C=O) groups excluding carboxylic acids is 1. The topological polar surface area (TPSA) is 79.9 Å². The fourth-order valence-electron chi connectivity index (χ4n) is 0.666. The molecule has 0 saturated carbocycles. The first-order valence-electron chi connectivity index (χ1n) is 3.55. The van der Waals surface area contributed by atoms with Crippen molar-refractivity contribution < 1.29 is 9.53 Å². The zero-order valence-corrected chi connectivity index (χ0v) is 6.92. The molecule has 0 atom stereocenters. The normalized spacial score (nSPS) is 9.50. The van der Waals surface area contributed by atoms with Crippen LogP contribution in [0.3, 0.4) is 0 Å². The van der Waals surface area contributed by atoms with Crippen molar-refractivity contribution in [1.82, 2.24) is 15.4 Å². The van der Waals surface area contributed by atoms with Gasteiger partial charge < -0.3 is 4.74 Å². The number of aryl methyl sites for hydroxylation is 1. The van der Waals surface area contributed by atoms with Crippen molar-refractivity contribution in [2.75, 3.05) is 11.9 Å². The van der Waals surface area contributed by atoms with E-state index >= 15 is 0 Å². The highest BCUT2D eigenvalue weighted by Gasteiger charge is 2.06. The first-order valence-corrected chi connectivity index (χ1v) is 3.55. The van der Waals surface area contributed by atoms with Gasteiger partial charge in [-0.2, -0.15) is 10.3 Å². The predicted molar refractivity (Wildman–Crippen MR) is 41.8 cm³/mol. The van der Waals surface area contributed by atoms with Gasteiger partial charge in [0.05, 0.1) is 6.61 Å². The monoisotopic (exact) mass is 170 g/mol. The molecule has 0 spiro atoms. The van der Waals surface area contributed by atoms with Gasteiger partial charge >= 0.3 is 6.09 Å². The van der Waals surface area contributed by atoms with Crippen LogP contribution < -0.4 is 5.32 Å². The average Bonchev–Trinajstić information content (AvgIpc) is 2.37. The quantitative estimate of drug-likeness (QED) is 0.684.